The minimum atomic E-state index is -0.326. The Morgan fingerprint density at radius 3 is 2.56 bits per heavy atom. The zero-order valence-corrected chi connectivity index (χ0v) is 10.8. The van der Waals surface area contributed by atoms with Gasteiger partial charge < -0.3 is 0 Å². The van der Waals surface area contributed by atoms with E-state index in [1.165, 1.54) is 6.07 Å². The molecule has 0 heterocycles. The highest BCUT2D eigenvalue weighted by Gasteiger charge is 2.16. The van der Waals surface area contributed by atoms with Gasteiger partial charge in [0.15, 0.2) is 0 Å². The average Bonchev–Trinajstić information content (AvgIpc) is 2.36. The minimum absolute atomic E-state index is 0.311. The molecule has 0 N–H and O–H groups in total. The molecule has 2 nitrogen and oxygen atoms in total. The number of hydrogen-bond acceptors (Lipinski definition) is 2. The molecule has 0 aliphatic rings. The Hall–Kier alpha value is -1.87. The van der Waals surface area contributed by atoms with Crippen molar-refractivity contribution in [3.05, 3.63) is 35.1 Å². The Balaban J connectivity index is 2.56. The van der Waals surface area contributed by atoms with Crippen LogP contribution in [0.1, 0.15) is 44.2 Å². The molecule has 0 atom stereocenters. The molecular weight excluding hydrogens is 227 g/mol. The van der Waals surface area contributed by atoms with Gasteiger partial charge in [0.25, 0.3) is 0 Å². The van der Waals surface area contributed by atoms with E-state index in [2.05, 4.69) is 6.07 Å². The van der Waals surface area contributed by atoms with Crippen LogP contribution in [-0.2, 0) is 6.42 Å². The molecule has 0 radical (unpaired) electrons. The van der Waals surface area contributed by atoms with Crippen molar-refractivity contribution in [1.29, 1.82) is 10.5 Å². The van der Waals surface area contributed by atoms with Gasteiger partial charge in [-0.25, -0.2) is 4.39 Å². The van der Waals surface area contributed by atoms with Gasteiger partial charge >= 0.3 is 0 Å². The molecule has 0 fully saturated rings. The van der Waals surface area contributed by atoms with Crippen molar-refractivity contribution >= 4 is 0 Å². The molecule has 1 aromatic rings. The number of nitrogens with zero attached hydrogens (tertiary/aromatic N) is 2. The fraction of sp³-hybridized carbons (Fsp3) is 0.467. The Morgan fingerprint density at radius 1 is 1.22 bits per heavy atom. The highest BCUT2D eigenvalue weighted by Crippen LogP contribution is 2.23. The first-order chi connectivity index (χ1) is 8.50. The molecule has 0 saturated carbocycles. The van der Waals surface area contributed by atoms with E-state index in [-0.39, 0.29) is 11.2 Å². The van der Waals surface area contributed by atoms with Gasteiger partial charge in [-0.15, -0.1) is 0 Å². The molecule has 94 valence electrons. The molecule has 1 rings (SSSR count). The first-order valence-electron chi connectivity index (χ1n) is 6.09. The summed E-state index contributed by atoms with van der Waals surface area (Å²) in [6, 6.07) is 8.83. The molecule has 0 aliphatic heterocycles. The van der Waals surface area contributed by atoms with E-state index in [1.807, 2.05) is 19.9 Å². The second-order valence-electron chi connectivity index (χ2n) is 5.08. The summed E-state index contributed by atoms with van der Waals surface area (Å²) >= 11 is 0. The predicted molar refractivity (Wildman–Crippen MR) is 68.1 cm³/mol. The van der Waals surface area contributed by atoms with Gasteiger partial charge in [-0.05, 0) is 45.2 Å². The summed E-state index contributed by atoms with van der Waals surface area (Å²) in [5.41, 5.74) is 0.581. The zero-order chi connectivity index (χ0) is 13.6. The number of nitriles is 2. The standard InChI is InChI=1S/C15H17FN2/c1-15(2,11-18)9-4-3-7-13-12(10-17)6-5-8-14(13)16/h5-6,8H,3-4,7,9H2,1-2H3. The Morgan fingerprint density at radius 2 is 1.94 bits per heavy atom. The van der Waals surface area contributed by atoms with Crippen molar-refractivity contribution < 1.29 is 4.39 Å². The van der Waals surface area contributed by atoms with Crippen LogP contribution >= 0.6 is 0 Å². The van der Waals surface area contributed by atoms with E-state index in [9.17, 15) is 4.39 Å². The summed E-state index contributed by atoms with van der Waals surface area (Å²) < 4.78 is 13.6. The summed E-state index contributed by atoms with van der Waals surface area (Å²) in [5.74, 6) is -0.311. The van der Waals surface area contributed by atoms with Crippen molar-refractivity contribution in [3.8, 4) is 12.1 Å². The van der Waals surface area contributed by atoms with Gasteiger partial charge in [0.1, 0.15) is 5.82 Å². The molecular formula is C15H17FN2. The Labute approximate surface area is 108 Å². The number of halogens is 1. The highest BCUT2D eigenvalue weighted by molar-refractivity contribution is 5.38. The lowest BCUT2D eigenvalue weighted by Crippen LogP contribution is -2.07. The lowest BCUT2D eigenvalue weighted by molar-refractivity contribution is 0.426. The SMILES string of the molecule is CC(C)(C#N)CCCCc1c(F)cccc1C#N. The van der Waals surface area contributed by atoms with Crippen LogP contribution < -0.4 is 0 Å². The van der Waals surface area contributed by atoms with Gasteiger partial charge in [-0.2, -0.15) is 10.5 Å². The predicted octanol–water partition coefficient (Wildman–Crippen LogP) is 3.96. The van der Waals surface area contributed by atoms with Crippen LogP contribution in [0.5, 0.6) is 0 Å². The fourth-order valence-electron chi connectivity index (χ4n) is 1.84. The van der Waals surface area contributed by atoms with Crippen LogP contribution in [-0.4, -0.2) is 0 Å². The van der Waals surface area contributed by atoms with Crippen molar-refractivity contribution in [2.24, 2.45) is 5.41 Å². The first kappa shape index (κ1) is 14.2. The van der Waals surface area contributed by atoms with E-state index in [4.69, 9.17) is 10.5 Å². The van der Waals surface area contributed by atoms with Crippen molar-refractivity contribution in [2.75, 3.05) is 0 Å². The molecule has 1 aromatic carbocycles. The number of hydrogen-bond donors (Lipinski definition) is 0. The molecule has 0 aromatic heterocycles. The van der Waals surface area contributed by atoms with Gasteiger partial charge in [0.05, 0.1) is 23.1 Å². The summed E-state index contributed by atoms with van der Waals surface area (Å²) in [5, 5.41) is 17.8. The molecule has 0 unspecified atom stereocenters. The summed E-state index contributed by atoms with van der Waals surface area (Å²) in [6.07, 6.45) is 3.00. The summed E-state index contributed by atoms with van der Waals surface area (Å²) in [6.45, 7) is 3.80. The normalized spacial score (nSPS) is 10.7. The molecule has 3 heteroatoms. The molecule has 0 spiro atoms. The summed E-state index contributed by atoms with van der Waals surface area (Å²) in [7, 11) is 0. The van der Waals surface area contributed by atoms with Gasteiger partial charge in [0, 0.05) is 5.56 Å². The third-order valence-electron chi connectivity index (χ3n) is 3.02. The molecule has 0 saturated heterocycles. The largest absolute Gasteiger partial charge is 0.207 e. The van der Waals surface area contributed by atoms with Crippen LogP contribution in [0.15, 0.2) is 18.2 Å². The van der Waals surface area contributed by atoms with E-state index in [0.717, 1.165) is 19.3 Å². The second kappa shape index (κ2) is 6.17. The smallest absolute Gasteiger partial charge is 0.127 e. The van der Waals surface area contributed by atoms with Crippen LogP contribution in [0.4, 0.5) is 4.39 Å². The minimum Gasteiger partial charge on any atom is -0.207 e. The maximum absolute atomic E-state index is 13.6. The van der Waals surface area contributed by atoms with Crippen LogP contribution in [0.25, 0.3) is 0 Å². The number of unbranched alkanes of at least 4 members (excludes halogenated alkanes) is 1. The quantitative estimate of drug-likeness (QED) is 0.736. The topological polar surface area (TPSA) is 47.6 Å². The molecule has 0 bridgehead atoms. The van der Waals surface area contributed by atoms with E-state index >= 15 is 0 Å². The second-order valence-corrected chi connectivity index (χ2v) is 5.08. The number of benzene rings is 1. The van der Waals surface area contributed by atoms with Crippen LogP contribution in [0.3, 0.4) is 0 Å². The van der Waals surface area contributed by atoms with E-state index < -0.39 is 0 Å². The van der Waals surface area contributed by atoms with E-state index in [0.29, 0.717) is 17.5 Å². The van der Waals surface area contributed by atoms with E-state index in [1.54, 1.807) is 12.1 Å². The zero-order valence-electron chi connectivity index (χ0n) is 10.8. The summed E-state index contributed by atoms with van der Waals surface area (Å²) in [4.78, 5) is 0. The van der Waals surface area contributed by atoms with Gasteiger partial charge in [-0.1, -0.05) is 12.5 Å². The fourth-order valence-corrected chi connectivity index (χ4v) is 1.84. The van der Waals surface area contributed by atoms with Crippen molar-refractivity contribution in [1.82, 2.24) is 0 Å². The monoisotopic (exact) mass is 244 g/mol. The van der Waals surface area contributed by atoms with Gasteiger partial charge in [0.2, 0.25) is 0 Å². The maximum atomic E-state index is 13.6. The lowest BCUT2D eigenvalue weighted by atomic mass is 9.88. The van der Waals surface area contributed by atoms with Crippen LogP contribution in [0, 0.1) is 33.9 Å². The Kier molecular flexibility index (Phi) is 4.86. The van der Waals surface area contributed by atoms with Gasteiger partial charge in [-0.3, -0.25) is 0 Å². The van der Waals surface area contributed by atoms with Crippen molar-refractivity contribution in [2.45, 2.75) is 39.5 Å². The molecule has 0 aliphatic carbocycles. The highest BCUT2D eigenvalue weighted by atomic mass is 19.1. The number of rotatable bonds is 5. The lowest BCUT2D eigenvalue weighted by Gasteiger charge is -2.14. The van der Waals surface area contributed by atoms with Crippen LogP contribution in [0.2, 0.25) is 0 Å². The third kappa shape index (κ3) is 3.86. The Bertz CT molecular complexity index is 492. The molecule has 0 amide bonds. The third-order valence-corrected chi connectivity index (χ3v) is 3.02. The average molecular weight is 244 g/mol. The first-order valence-corrected chi connectivity index (χ1v) is 6.09. The van der Waals surface area contributed by atoms with Crippen molar-refractivity contribution in [3.63, 3.8) is 0 Å². The maximum Gasteiger partial charge on any atom is 0.127 e. The molecule has 18 heavy (non-hydrogen) atoms.